The van der Waals surface area contributed by atoms with Crippen LogP contribution in [0.3, 0.4) is 0 Å². The molecule has 90 valence electrons. The number of thiophene rings is 1. The molecule has 0 radical (unpaired) electrons. The highest BCUT2D eigenvalue weighted by molar-refractivity contribution is 9.10. The molecule has 0 aliphatic rings. The molecule has 1 heterocycles. The van der Waals surface area contributed by atoms with Crippen LogP contribution in [0.1, 0.15) is 11.0 Å². The van der Waals surface area contributed by atoms with Crippen molar-refractivity contribution in [2.24, 2.45) is 5.73 Å². The van der Waals surface area contributed by atoms with Crippen LogP contribution >= 0.6 is 38.9 Å². The molecule has 2 rings (SSSR count). The van der Waals surface area contributed by atoms with E-state index in [0.29, 0.717) is 11.6 Å². The molecule has 2 N–H and O–H groups in total. The molecule has 0 aliphatic heterocycles. The van der Waals surface area contributed by atoms with E-state index in [1.807, 2.05) is 23.6 Å². The van der Waals surface area contributed by atoms with Gasteiger partial charge in [-0.2, -0.15) is 0 Å². The highest BCUT2D eigenvalue weighted by atomic mass is 79.9. The smallest absolute Gasteiger partial charge is 0.145 e. The minimum atomic E-state index is -0.118. The maximum Gasteiger partial charge on any atom is 0.145 e. The highest BCUT2D eigenvalue weighted by Gasteiger charge is 2.13. The summed E-state index contributed by atoms with van der Waals surface area (Å²) in [5.74, 6) is 0.773. The number of rotatable bonds is 4. The third-order valence-corrected chi connectivity index (χ3v) is 4.25. The van der Waals surface area contributed by atoms with Gasteiger partial charge >= 0.3 is 0 Å². The first kappa shape index (κ1) is 12.9. The summed E-state index contributed by atoms with van der Waals surface area (Å²) >= 11 is 10.9. The number of hydrogen-bond donors (Lipinski definition) is 1. The Morgan fingerprint density at radius 1 is 1.35 bits per heavy atom. The van der Waals surface area contributed by atoms with Crippen molar-refractivity contribution in [2.75, 3.05) is 6.54 Å². The van der Waals surface area contributed by atoms with E-state index in [-0.39, 0.29) is 6.10 Å². The average molecular weight is 333 g/mol. The van der Waals surface area contributed by atoms with Crippen LogP contribution in [0.4, 0.5) is 0 Å². The SMILES string of the molecule is NCC(Oc1ccc(Cl)cc1)c1cc(Br)cs1. The molecule has 1 aromatic heterocycles. The molecule has 0 aliphatic carbocycles. The van der Waals surface area contributed by atoms with Crippen LogP contribution in [0, 0.1) is 0 Å². The zero-order chi connectivity index (χ0) is 12.3. The lowest BCUT2D eigenvalue weighted by atomic mass is 10.3. The summed E-state index contributed by atoms with van der Waals surface area (Å²) in [5, 5.41) is 2.71. The van der Waals surface area contributed by atoms with Gasteiger partial charge in [-0.3, -0.25) is 0 Å². The normalized spacial score (nSPS) is 12.4. The molecule has 2 aromatic rings. The third-order valence-electron chi connectivity index (χ3n) is 2.21. The van der Waals surface area contributed by atoms with Gasteiger partial charge in [-0.05, 0) is 46.3 Å². The summed E-state index contributed by atoms with van der Waals surface area (Å²) < 4.78 is 6.88. The third kappa shape index (κ3) is 3.45. The molecule has 1 unspecified atom stereocenters. The second-order valence-corrected chi connectivity index (χ2v) is 5.76. The number of hydrogen-bond acceptors (Lipinski definition) is 3. The van der Waals surface area contributed by atoms with Gasteiger partial charge in [0.25, 0.3) is 0 Å². The van der Waals surface area contributed by atoms with Crippen molar-refractivity contribution in [3.05, 3.63) is 50.1 Å². The Kier molecular flexibility index (Phi) is 4.45. The summed E-state index contributed by atoms with van der Waals surface area (Å²) in [6.07, 6.45) is -0.118. The summed E-state index contributed by atoms with van der Waals surface area (Å²) in [7, 11) is 0. The number of halogens is 2. The quantitative estimate of drug-likeness (QED) is 0.908. The van der Waals surface area contributed by atoms with Gasteiger partial charge in [0.15, 0.2) is 0 Å². The van der Waals surface area contributed by atoms with Crippen LogP contribution in [0.2, 0.25) is 5.02 Å². The first-order valence-corrected chi connectivity index (χ1v) is 7.10. The maximum absolute atomic E-state index is 5.82. The average Bonchev–Trinajstić information content (AvgIpc) is 2.75. The van der Waals surface area contributed by atoms with Crippen LogP contribution in [0.25, 0.3) is 0 Å². The predicted molar refractivity (Wildman–Crippen MR) is 75.9 cm³/mol. The molecular formula is C12H11BrClNOS. The fraction of sp³-hybridized carbons (Fsp3) is 0.167. The fourth-order valence-corrected chi connectivity index (χ4v) is 3.01. The standard InChI is InChI=1S/C12H11BrClNOS/c13-8-5-12(17-7-8)11(6-15)16-10-3-1-9(14)2-4-10/h1-5,7,11H,6,15H2. The number of ether oxygens (including phenoxy) is 1. The molecule has 0 amide bonds. The molecular weight excluding hydrogens is 322 g/mol. The second kappa shape index (κ2) is 5.87. The molecule has 0 saturated carbocycles. The molecule has 5 heteroatoms. The van der Waals surface area contributed by atoms with E-state index in [4.69, 9.17) is 22.1 Å². The first-order valence-electron chi connectivity index (χ1n) is 5.05. The van der Waals surface area contributed by atoms with E-state index in [9.17, 15) is 0 Å². The van der Waals surface area contributed by atoms with Crippen molar-refractivity contribution in [3.8, 4) is 5.75 Å². The lowest BCUT2D eigenvalue weighted by Gasteiger charge is -2.15. The minimum absolute atomic E-state index is 0.118. The van der Waals surface area contributed by atoms with Crippen molar-refractivity contribution in [2.45, 2.75) is 6.10 Å². The molecule has 0 spiro atoms. The highest BCUT2D eigenvalue weighted by Crippen LogP contribution is 2.29. The lowest BCUT2D eigenvalue weighted by molar-refractivity contribution is 0.218. The summed E-state index contributed by atoms with van der Waals surface area (Å²) in [4.78, 5) is 1.11. The van der Waals surface area contributed by atoms with Gasteiger partial charge in [0, 0.05) is 26.3 Å². The van der Waals surface area contributed by atoms with Crippen LogP contribution in [0.5, 0.6) is 5.75 Å². The summed E-state index contributed by atoms with van der Waals surface area (Å²) in [5.41, 5.74) is 5.73. The first-order chi connectivity index (χ1) is 8.19. The Morgan fingerprint density at radius 3 is 2.59 bits per heavy atom. The zero-order valence-corrected chi connectivity index (χ0v) is 12.1. The van der Waals surface area contributed by atoms with Gasteiger partial charge in [-0.25, -0.2) is 0 Å². The molecule has 0 fully saturated rings. The Hall–Kier alpha value is -0.550. The molecule has 1 aromatic carbocycles. The largest absolute Gasteiger partial charge is 0.484 e. The van der Waals surface area contributed by atoms with Crippen LogP contribution in [0.15, 0.2) is 40.2 Å². The second-order valence-electron chi connectivity index (χ2n) is 3.46. The van der Waals surface area contributed by atoms with E-state index in [1.165, 1.54) is 0 Å². The van der Waals surface area contributed by atoms with Gasteiger partial charge in [0.1, 0.15) is 11.9 Å². The van der Waals surface area contributed by atoms with Crippen molar-refractivity contribution < 1.29 is 4.74 Å². The van der Waals surface area contributed by atoms with E-state index < -0.39 is 0 Å². The van der Waals surface area contributed by atoms with Crippen molar-refractivity contribution in [1.82, 2.24) is 0 Å². The maximum atomic E-state index is 5.82. The summed E-state index contributed by atoms with van der Waals surface area (Å²) in [6, 6.07) is 9.31. The van der Waals surface area contributed by atoms with Gasteiger partial charge in [-0.1, -0.05) is 11.6 Å². The molecule has 17 heavy (non-hydrogen) atoms. The Bertz CT molecular complexity index is 486. The van der Waals surface area contributed by atoms with E-state index in [0.717, 1.165) is 15.1 Å². The number of nitrogens with two attached hydrogens (primary N) is 1. The van der Waals surface area contributed by atoms with E-state index in [1.54, 1.807) is 23.5 Å². The molecule has 1 atom stereocenters. The van der Waals surface area contributed by atoms with Crippen LogP contribution in [-0.2, 0) is 0 Å². The van der Waals surface area contributed by atoms with Crippen LogP contribution in [-0.4, -0.2) is 6.54 Å². The van der Waals surface area contributed by atoms with Gasteiger partial charge < -0.3 is 10.5 Å². The van der Waals surface area contributed by atoms with Gasteiger partial charge in [0.2, 0.25) is 0 Å². The van der Waals surface area contributed by atoms with Crippen molar-refractivity contribution >= 4 is 38.9 Å². The van der Waals surface area contributed by atoms with Crippen LogP contribution < -0.4 is 10.5 Å². The molecule has 2 nitrogen and oxygen atoms in total. The molecule has 0 saturated heterocycles. The number of benzene rings is 1. The monoisotopic (exact) mass is 331 g/mol. The van der Waals surface area contributed by atoms with E-state index >= 15 is 0 Å². The topological polar surface area (TPSA) is 35.2 Å². The Morgan fingerprint density at radius 2 is 2.06 bits per heavy atom. The van der Waals surface area contributed by atoms with Gasteiger partial charge in [-0.15, -0.1) is 11.3 Å². The van der Waals surface area contributed by atoms with E-state index in [2.05, 4.69) is 15.9 Å². The molecule has 0 bridgehead atoms. The predicted octanol–water partition coefficient (Wildman–Crippen LogP) is 4.24. The summed E-state index contributed by atoms with van der Waals surface area (Å²) in [6.45, 7) is 0.440. The van der Waals surface area contributed by atoms with Crippen molar-refractivity contribution in [1.29, 1.82) is 0 Å². The minimum Gasteiger partial charge on any atom is -0.484 e. The zero-order valence-electron chi connectivity index (χ0n) is 8.90. The Balaban J connectivity index is 2.12. The van der Waals surface area contributed by atoms with Crippen molar-refractivity contribution in [3.63, 3.8) is 0 Å². The Labute approximate surface area is 117 Å². The lowest BCUT2D eigenvalue weighted by Crippen LogP contribution is -2.17. The fourth-order valence-electron chi connectivity index (χ4n) is 1.40. The van der Waals surface area contributed by atoms with Gasteiger partial charge in [0.05, 0.1) is 0 Å².